The lowest BCUT2D eigenvalue weighted by Crippen LogP contribution is -2.24. The van der Waals surface area contributed by atoms with Crippen LogP contribution in [0.5, 0.6) is 5.75 Å². The molecule has 2 aromatic rings. The van der Waals surface area contributed by atoms with E-state index in [0.29, 0.717) is 49.4 Å². The van der Waals surface area contributed by atoms with Crippen molar-refractivity contribution in [2.45, 2.75) is 32.6 Å². The minimum absolute atomic E-state index is 0.0883. The zero-order valence-corrected chi connectivity index (χ0v) is 17.4. The molecule has 0 spiro atoms. The maximum absolute atomic E-state index is 12.1. The van der Waals surface area contributed by atoms with Crippen molar-refractivity contribution in [2.24, 2.45) is 0 Å². The summed E-state index contributed by atoms with van der Waals surface area (Å²) in [6.07, 6.45) is 1.94. The van der Waals surface area contributed by atoms with Gasteiger partial charge in [0.25, 0.3) is 5.91 Å². The lowest BCUT2D eigenvalue weighted by atomic mass is 10.1. The van der Waals surface area contributed by atoms with Crippen molar-refractivity contribution < 1.29 is 23.9 Å². The van der Waals surface area contributed by atoms with Gasteiger partial charge in [0.05, 0.1) is 20.1 Å². The van der Waals surface area contributed by atoms with E-state index in [1.165, 1.54) is 0 Å². The van der Waals surface area contributed by atoms with Crippen molar-refractivity contribution in [3.8, 4) is 5.75 Å². The van der Waals surface area contributed by atoms with Crippen LogP contribution >= 0.6 is 0 Å². The van der Waals surface area contributed by atoms with Gasteiger partial charge >= 0.3 is 5.97 Å². The van der Waals surface area contributed by atoms with Crippen molar-refractivity contribution in [1.29, 1.82) is 0 Å². The Morgan fingerprint density at radius 2 is 1.63 bits per heavy atom. The van der Waals surface area contributed by atoms with Crippen LogP contribution in [0.1, 0.15) is 42.1 Å². The van der Waals surface area contributed by atoms with Crippen molar-refractivity contribution in [2.75, 3.05) is 25.6 Å². The van der Waals surface area contributed by atoms with Gasteiger partial charge in [0.15, 0.2) is 0 Å². The van der Waals surface area contributed by atoms with Crippen molar-refractivity contribution >= 4 is 23.5 Å². The first-order valence-electron chi connectivity index (χ1n) is 9.98. The average Bonchev–Trinajstić information content (AvgIpc) is 2.75. The molecule has 2 aromatic carbocycles. The number of hydrogen-bond donors (Lipinski definition) is 2. The minimum atomic E-state index is -0.270. The highest BCUT2D eigenvalue weighted by molar-refractivity contribution is 5.94. The van der Waals surface area contributed by atoms with E-state index in [9.17, 15) is 14.4 Å². The number of nitrogens with one attached hydrogen (secondary N) is 2. The van der Waals surface area contributed by atoms with Crippen molar-refractivity contribution in [3.63, 3.8) is 0 Å². The van der Waals surface area contributed by atoms with Gasteiger partial charge in [0.2, 0.25) is 5.91 Å². The van der Waals surface area contributed by atoms with Crippen LogP contribution in [0.2, 0.25) is 0 Å². The smallest absolute Gasteiger partial charge is 0.310 e. The molecule has 30 heavy (non-hydrogen) atoms. The summed E-state index contributed by atoms with van der Waals surface area (Å²) >= 11 is 0. The molecule has 7 heteroatoms. The van der Waals surface area contributed by atoms with Crippen LogP contribution in [-0.4, -0.2) is 38.0 Å². The van der Waals surface area contributed by atoms with Gasteiger partial charge in [0.1, 0.15) is 5.75 Å². The predicted octanol–water partition coefficient (Wildman–Crippen LogP) is 3.34. The Labute approximate surface area is 176 Å². The maximum Gasteiger partial charge on any atom is 0.310 e. The van der Waals surface area contributed by atoms with Gasteiger partial charge in [-0.25, -0.2) is 0 Å². The molecular formula is C23H28N2O5. The van der Waals surface area contributed by atoms with Crippen molar-refractivity contribution in [3.05, 3.63) is 59.7 Å². The summed E-state index contributed by atoms with van der Waals surface area (Å²) in [6, 6.07) is 14.0. The molecule has 0 bridgehead atoms. The van der Waals surface area contributed by atoms with E-state index in [1.807, 2.05) is 0 Å². The first kappa shape index (κ1) is 22.9. The zero-order valence-electron chi connectivity index (χ0n) is 17.4. The van der Waals surface area contributed by atoms with E-state index in [0.717, 1.165) is 5.56 Å². The van der Waals surface area contributed by atoms with Gasteiger partial charge in [0, 0.05) is 24.2 Å². The zero-order chi connectivity index (χ0) is 21.8. The Morgan fingerprint density at radius 1 is 0.933 bits per heavy atom. The van der Waals surface area contributed by atoms with Crippen LogP contribution in [0.25, 0.3) is 0 Å². The van der Waals surface area contributed by atoms with E-state index in [2.05, 4.69) is 10.6 Å². The predicted molar refractivity (Wildman–Crippen MR) is 115 cm³/mol. The average molecular weight is 412 g/mol. The Morgan fingerprint density at radius 3 is 2.27 bits per heavy atom. The van der Waals surface area contributed by atoms with Crippen LogP contribution in [0.3, 0.4) is 0 Å². The third-order valence-corrected chi connectivity index (χ3v) is 4.36. The second-order valence-corrected chi connectivity index (χ2v) is 6.67. The lowest BCUT2D eigenvalue weighted by Gasteiger charge is -2.08. The number of benzene rings is 2. The van der Waals surface area contributed by atoms with Gasteiger partial charge in [-0.3, -0.25) is 14.4 Å². The maximum atomic E-state index is 12.1. The Hall–Kier alpha value is -3.35. The molecule has 0 aliphatic heterocycles. The van der Waals surface area contributed by atoms with Crippen LogP contribution in [-0.2, 0) is 20.7 Å². The van der Waals surface area contributed by atoms with E-state index < -0.39 is 0 Å². The summed E-state index contributed by atoms with van der Waals surface area (Å²) in [5, 5.41) is 5.67. The number of anilines is 1. The molecule has 0 saturated heterocycles. The van der Waals surface area contributed by atoms with Gasteiger partial charge < -0.3 is 20.1 Å². The topological polar surface area (TPSA) is 93.7 Å². The fourth-order valence-electron chi connectivity index (χ4n) is 2.77. The highest BCUT2D eigenvalue weighted by atomic mass is 16.5. The number of unbranched alkanes of at least 4 members (excludes halogenated alkanes) is 1. The number of amides is 2. The van der Waals surface area contributed by atoms with Crippen LogP contribution in [0, 0.1) is 0 Å². The van der Waals surface area contributed by atoms with E-state index in [-0.39, 0.29) is 24.2 Å². The first-order valence-corrected chi connectivity index (χ1v) is 9.98. The van der Waals surface area contributed by atoms with Gasteiger partial charge in [-0.05, 0) is 61.7 Å². The van der Waals surface area contributed by atoms with E-state index in [1.54, 1.807) is 62.6 Å². The molecule has 2 N–H and O–H groups in total. The Bertz CT molecular complexity index is 832. The normalized spacial score (nSPS) is 10.2. The monoisotopic (exact) mass is 412 g/mol. The standard InChI is InChI=1S/C23H28N2O5/c1-3-30-22(27)16-17-7-11-19(12-8-17)25-21(26)6-4-5-15-24-23(28)18-9-13-20(29-2)14-10-18/h7-14H,3-6,15-16H2,1-2H3,(H,24,28)(H,25,26). The second kappa shape index (κ2) is 12.3. The molecule has 0 aromatic heterocycles. The van der Waals surface area contributed by atoms with Crippen LogP contribution in [0.15, 0.2) is 48.5 Å². The largest absolute Gasteiger partial charge is 0.497 e. The quantitative estimate of drug-likeness (QED) is 0.436. The second-order valence-electron chi connectivity index (χ2n) is 6.67. The molecule has 7 nitrogen and oxygen atoms in total. The molecule has 0 fully saturated rings. The molecule has 0 atom stereocenters. The minimum Gasteiger partial charge on any atom is -0.497 e. The van der Waals surface area contributed by atoms with Crippen LogP contribution < -0.4 is 15.4 Å². The Balaban J connectivity index is 1.63. The number of carbonyl (C=O) groups excluding carboxylic acids is 3. The number of carbonyl (C=O) groups is 3. The Kier molecular flexibility index (Phi) is 9.37. The fourth-order valence-corrected chi connectivity index (χ4v) is 2.77. The molecule has 160 valence electrons. The van der Waals surface area contributed by atoms with Gasteiger partial charge in [-0.2, -0.15) is 0 Å². The molecule has 0 saturated carbocycles. The van der Waals surface area contributed by atoms with Crippen molar-refractivity contribution in [1.82, 2.24) is 5.32 Å². The molecule has 2 rings (SSSR count). The number of hydrogen-bond acceptors (Lipinski definition) is 5. The first-order chi connectivity index (χ1) is 14.5. The summed E-state index contributed by atoms with van der Waals surface area (Å²) in [4.78, 5) is 35.6. The number of ether oxygens (including phenoxy) is 2. The molecule has 0 aliphatic rings. The number of methoxy groups -OCH3 is 1. The van der Waals surface area contributed by atoms with Gasteiger partial charge in [-0.15, -0.1) is 0 Å². The third kappa shape index (κ3) is 7.95. The molecule has 2 amide bonds. The highest BCUT2D eigenvalue weighted by Crippen LogP contribution is 2.12. The lowest BCUT2D eigenvalue weighted by molar-refractivity contribution is -0.142. The number of esters is 1. The molecule has 0 radical (unpaired) electrons. The molecule has 0 unspecified atom stereocenters. The highest BCUT2D eigenvalue weighted by Gasteiger charge is 2.07. The summed E-state index contributed by atoms with van der Waals surface area (Å²) in [5.41, 5.74) is 2.08. The molecule has 0 heterocycles. The fraction of sp³-hybridized carbons (Fsp3) is 0.348. The molecule has 0 aliphatic carbocycles. The summed E-state index contributed by atoms with van der Waals surface area (Å²) < 4.78 is 9.98. The third-order valence-electron chi connectivity index (χ3n) is 4.36. The molecular weight excluding hydrogens is 384 g/mol. The SMILES string of the molecule is CCOC(=O)Cc1ccc(NC(=O)CCCCNC(=O)c2ccc(OC)cc2)cc1. The van der Waals surface area contributed by atoms with Gasteiger partial charge in [-0.1, -0.05) is 12.1 Å². The number of rotatable bonds is 11. The van der Waals surface area contributed by atoms with E-state index >= 15 is 0 Å². The summed E-state index contributed by atoms with van der Waals surface area (Å²) in [5.74, 6) is 0.194. The summed E-state index contributed by atoms with van der Waals surface area (Å²) in [6.45, 7) is 2.63. The van der Waals surface area contributed by atoms with Crippen LogP contribution in [0.4, 0.5) is 5.69 Å². The van der Waals surface area contributed by atoms with E-state index in [4.69, 9.17) is 9.47 Å². The summed E-state index contributed by atoms with van der Waals surface area (Å²) in [7, 11) is 1.58.